The van der Waals surface area contributed by atoms with Gasteiger partial charge in [0.2, 0.25) is 0 Å². The Labute approximate surface area is 165 Å². The zero-order chi connectivity index (χ0) is 19.8. The lowest BCUT2D eigenvalue weighted by atomic mass is 10.1. The first-order chi connectivity index (χ1) is 13.7. The molecule has 0 spiro atoms. The van der Waals surface area contributed by atoms with E-state index in [0.29, 0.717) is 5.75 Å². The van der Waals surface area contributed by atoms with Crippen molar-refractivity contribution in [3.8, 4) is 40.9 Å². The van der Waals surface area contributed by atoms with Crippen molar-refractivity contribution in [3.63, 3.8) is 0 Å². The first-order valence-electron chi connectivity index (χ1n) is 8.72. The maximum Gasteiger partial charge on any atom is 0.134 e. The first-order valence-corrected chi connectivity index (χ1v) is 8.72. The summed E-state index contributed by atoms with van der Waals surface area (Å²) in [6.45, 7) is 0. The zero-order valence-corrected chi connectivity index (χ0v) is 16.1. The van der Waals surface area contributed by atoms with Crippen molar-refractivity contribution in [1.29, 1.82) is 0 Å². The van der Waals surface area contributed by atoms with Crippen LogP contribution < -0.4 is 14.2 Å². The molecule has 0 aromatic heterocycles. The van der Waals surface area contributed by atoms with E-state index in [2.05, 4.69) is 23.7 Å². The molecule has 28 heavy (non-hydrogen) atoms. The largest absolute Gasteiger partial charge is 0.497 e. The van der Waals surface area contributed by atoms with E-state index in [1.54, 1.807) is 21.3 Å². The molecule has 138 valence electrons. The molecule has 0 aliphatic rings. The van der Waals surface area contributed by atoms with Gasteiger partial charge in [-0.1, -0.05) is 35.8 Å². The standard InChI is InChI=1S/C25H20O3/c1-26-23-8-4-6-19(17-23)10-11-21-13-15-25(28-3)22(16-21)14-12-20-7-5-9-24(18-20)27-2/h4-9,13,15-18H,1-3H3. The summed E-state index contributed by atoms with van der Waals surface area (Å²) in [7, 11) is 4.91. The van der Waals surface area contributed by atoms with Crippen molar-refractivity contribution in [2.45, 2.75) is 0 Å². The van der Waals surface area contributed by atoms with E-state index in [9.17, 15) is 0 Å². The summed E-state index contributed by atoms with van der Waals surface area (Å²) in [5.74, 6) is 14.9. The Balaban J connectivity index is 1.91. The summed E-state index contributed by atoms with van der Waals surface area (Å²) >= 11 is 0. The number of benzene rings is 3. The van der Waals surface area contributed by atoms with E-state index in [-0.39, 0.29) is 0 Å². The van der Waals surface area contributed by atoms with Crippen molar-refractivity contribution >= 4 is 0 Å². The number of rotatable bonds is 3. The number of methoxy groups -OCH3 is 3. The van der Waals surface area contributed by atoms with Gasteiger partial charge in [0.25, 0.3) is 0 Å². The Bertz CT molecular complexity index is 1090. The second kappa shape index (κ2) is 9.21. The van der Waals surface area contributed by atoms with Gasteiger partial charge in [-0.15, -0.1) is 0 Å². The Morgan fingerprint density at radius 2 is 1.07 bits per heavy atom. The van der Waals surface area contributed by atoms with Crippen molar-refractivity contribution in [2.24, 2.45) is 0 Å². The van der Waals surface area contributed by atoms with Crippen LogP contribution in [0.4, 0.5) is 0 Å². The van der Waals surface area contributed by atoms with Crippen LogP contribution in [0.5, 0.6) is 17.2 Å². The van der Waals surface area contributed by atoms with Crippen LogP contribution in [0.3, 0.4) is 0 Å². The van der Waals surface area contributed by atoms with Gasteiger partial charge in [0.05, 0.1) is 26.9 Å². The maximum absolute atomic E-state index is 5.43. The molecule has 0 saturated carbocycles. The fourth-order valence-corrected chi connectivity index (χ4v) is 2.57. The van der Waals surface area contributed by atoms with E-state index in [1.807, 2.05) is 66.7 Å². The molecule has 3 aromatic rings. The zero-order valence-electron chi connectivity index (χ0n) is 16.1. The highest BCUT2D eigenvalue weighted by molar-refractivity contribution is 5.55. The molecule has 0 N–H and O–H groups in total. The van der Waals surface area contributed by atoms with Crippen molar-refractivity contribution in [1.82, 2.24) is 0 Å². The summed E-state index contributed by atoms with van der Waals surface area (Å²) in [4.78, 5) is 0. The lowest BCUT2D eigenvalue weighted by Crippen LogP contribution is -1.89. The third kappa shape index (κ3) is 4.87. The fourth-order valence-electron chi connectivity index (χ4n) is 2.57. The second-order valence-corrected chi connectivity index (χ2v) is 5.88. The van der Waals surface area contributed by atoms with Gasteiger partial charge in [0.15, 0.2) is 0 Å². The van der Waals surface area contributed by atoms with Crippen molar-refractivity contribution < 1.29 is 14.2 Å². The van der Waals surface area contributed by atoms with Crippen LogP contribution in [0.15, 0.2) is 66.7 Å². The molecule has 0 heterocycles. The molecule has 0 saturated heterocycles. The third-order valence-electron chi connectivity index (χ3n) is 4.03. The van der Waals surface area contributed by atoms with E-state index in [0.717, 1.165) is 33.8 Å². The van der Waals surface area contributed by atoms with Crippen LogP contribution in [0, 0.1) is 23.7 Å². The molecular weight excluding hydrogens is 348 g/mol. The summed E-state index contributed by atoms with van der Waals surface area (Å²) in [5, 5.41) is 0. The van der Waals surface area contributed by atoms with Crippen LogP contribution in [-0.2, 0) is 0 Å². The predicted octanol–water partition coefficient (Wildman–Crippen LogP) is 4.51. The SMILES string of the molecule is COc1cccc(C#Cc2ccc(OC)c(C#Cc3cccc(OC)c3)c2)c1. The quantitative estimate of drug-likeness (QED) is 0.637. The molecule has 0 bridgehead atoms. The van der Waals surface area contributed by atoms with Crippen LogP contribution in [0.2, 0.25) is 0 Å². The molecular formula is C25H20O3. The van der Waals surface area contributed by atoms with E-state index >= 15 is 0 Å². The van der Waals surface area contributed by atoms with E-state index in [1.165, 1.54) is 0 Å². The lowest BCUT2D eigenvalue weighted by Gasteiger charge is -2.03. The number of hydrogen-bond acceptors (Lipinski definition) is 3. The molecule has 3 rings (SSSR count). The van der Waals surface area contributed by atoms with Gasteiger partial charge >= 0.3 is 0 Å². The number of ether oxygens (including phenoxy) is 3. The predicted molar refractivity (Wildman–Crippen MR) is 111 cm³/mol. The highest BCUT2D eigenvalue weighted by Gasteiger charge is 2.01. The van der Waals surface area contributed by atoms with Crippen LogP contribution in [-0.4, -0.2) is 21.3 Å². The number of hydrogen-bond donors (Lipinski definition) is 0. The molecule has 0 radical (unpaired) electrons. The van der Waals surface area contributed by atoms with Crippen LogP contribution in [0.25, 0.3) is 0 Å². The highest BCUT2D eigenvalue weighted by atomic mass is 16.5. The van der Waals surface area contributed by atoms with Crippen LogP contribution >= 0.6 is 0 Å². The van der Waals surface area contributed by atoms with Gasteiger partial charge in [-0.05, 0) is 54.6 Å². The molecule has 0 aliphatic heterocycles. The first kappa shape index (κ1) is 19.0. The van der Waals surface area contributed by atoms with Gasteiger partial charge in [-0.2, -0.15) is 0 Å². The van der Waals surface area contributed by atoms with Gasteiger partial charge in [0.1, 0.15) is 17.2 Å². The van der Waals surface area contributed by atoms with E-state index in [4.69, 9.17) is 14.2 Å². The lowest BCUT2D eigenvalue weighted by molar-refractivity contribution is 0.413. The minimum absolute atomic E-state index is 0.710. The maximum atomic E-state index is 5.43. The molecule has 0 amide bonds. The Kier molecular flexibility index (Phi) is 6.24. The molecule has 0 fully saturated rings. The van der Waals surface area contributed by atoms with Crippen molar-refractivity contribution in [2.75, 3.05) is 21.3 Å². The Hall–Kier alpha value is -3.82. The molecule has 3 heteroatoms. The summed E-state index contributed by atoms with van der Waals surface area (Å²) in [6.07, 6.45) is 0. The van der Waals surface area contributed by atoms with Gasteiger partial charge in [0, 0.05) is 16.7 Å². The second-order valence-electron chi connectivity index (χ2n) is 5.88. The topological polar surface area (TPSA) is 27.7 Å². The monoisotopic (exact) mass is 368 g/mol. The summed E-state index contributed by atoms with van der Waals surface area (Å²) in [5.41, 5.74) is 3.40. The Morgan fingerprint density at radius 1 is 0.536 bits per heavy atom. The fraction of sp³-hybridized carbons (Fsp3) is 0.120. The molecule has 3 nitrogen and oxygen atoms in total. The smallest absolute Gasteiger partial charge is 0.134 e. The Morgan fingerprint density at radius 3 is 1.61 bits per heavy atom. The molecule has 3 aromatic carbocycles. The molecule has 0 unspecified atom stereocenters. The van der Waals surface area contributed by atoms with Gasteiger partial charge < -0.3 is 14.2 Å². The van der Waals surface area contributed by atoms with Gasteiger partial charge in [-0.3, -0.25) is 0 Å². The van der Waals surface area contributed by atoms with Gasteiger partial charge in [-0.25, -0.2) is 0 Å². The van der Waals surface area contributed by atoms with E-state index < -0.39 is 0 Å². The average Bonchev–Trinajstić information content (AvgIpc) is 2.76. The minimum Gasteiger partial charge on any atom is -0.497 e. The summed E-state index contributed by atoms with van der Waals surface area (Å²) in [6, 6.07) is 21.0. The minimum atomic E-state index is 0.710. The third-order valence-corrected chi connectivity index (χ3v) is 4.03. The normalized spacial score (nSPS) is 9.39. The summed E-state index contributed by atoms with van der Waals surface area (Å²) < 4.78 is 15.9. The molecule has 0 aliphatic carbocycles. The van der Waals surface area contributed by atoms with Crippen molar-refractivity contribution in [3.05, 3.63) is 89.0 Å². The molecule has 0 atom stereocenters. The van der Waals surface area contributed by atoms with Crippen LogP contribution in [0.1, 0.15) is 22.3 Å². The average molecular weight is 368 g/mol. The highest BCUT2D eigenvalue weighted by Crippen LogP contribution is 2.19.